The Bertz CT molecular complexity index is 1140. The van der Waals surface area contributed by atoms with Gasteiger partial charge < -0.3 is 9.15 Å². The van der Waals surface area contributed by atoms with Crippen LogP contribution in [0.1, 0.15) is 42.3 Å². The first-order chi connectivity index (χ1) is 14.8. The number of fused-ring (bicyclic) bond motifs is 1. The second-order valence-corrected chi connectivity index (χ2v) is 7.37. The average Bonchev–Trinajstić information content (AvgIpc) is 3.21. The summed E-state index contributed by atoms with van der Waals surface area (Å²) >= 11 is 0. The zero-order chi connectivity index (χ0) is 22.0. The minimum absolute atomic E-state index is 0.353. The maximum absolute atomic E-state index is 13.0. The van der Waals surface area contributed by atoms with Gasteiger partial charge in [0.05, 0.1) is 5.56 Å². The van der Waals surface area contributed by atoms with Crippen molar-refractivity contribution < 1.29 is 27.1 Å². The molecule has 1 heterocycles. The molecule has 7 heteroatoms. The molecule has 3 aromatic rings. The van der Waals surface area contributed by atoms with Crippen molar-refractivity contribution in [2.24, 2.45) is 0 Å². The van der Waals surface area contributed by atoms with E-state index in [0.29, 0.717) is 29.3 Å². The van der Waals surface area contributed by atoms with Gasteiger partial charge >= 0.3 is 12.1 Å². The van der Waals surface area contributed by atoms with E-state index in [2.05, 4.69) is 4.98 Å². The molecular formula is C24H20F3NO3. The van der Waals surface area contributed by atoms with Crippen molar-refractivity contribution in [3.8, 4) is 17.0 Å². The second kappa shape index (κ2) is 8.41. The number of alkyl halides is 3. The molecule has 1 aliphatic carbocycles. The number of oxazole rings is 1. The first-order valence-electron chi connectivity index (χ1n) is 9.93. The van der Waals surface area contributed by atoms with Gasteiger partial charge in [0.15, 0.2) is 5.89 Å². The molecule has 0 aliphatic heterocycles. The number of carbonyl (C=O) groups is 1. The summed E-state index contributed by atoms with van der Waals surface area (Å²) in [7, 11) is 0. The van der Waals surface area contributed by atoms with E-state index >= 15 is 0 Å². The minimum atomic E-state index is -4.41. The monoisotopic (exact) mass is 427 g/mol. The molecule has 0 N–H and O–H groups in total. The van der Waals surface area contributed by atoms with Crippen molar-refractivity contribution in [2.45, 2.75) is 38.8 Å². The maximum Gasteiger partial charge on any atom is 0.416 e. The number of benzene rings is 2. The molecule has 0 saturated heterocycles. The summed E-state index contributed by atoms with van der Waals surface area (Å²) in [6.45, 7) is 1.38. The van der Waals surface area contributed by atoms with Gasteiger partial charge in [0.2, 0.25) is 0 Å². The normalized spacial score (nSPS) is 15.0. The van der Waals surface area contributed by atoms with E-state index in [1.807, 2.05) is 18.2 Å². The van der Waals surface area contributed by atoms with Gasteiger partial charge in [0.25, 0.3) is 0 Å². The molecule has 0 amide bonds. The Morgan fingerprint density at radius 3 is 2.77 bits per heavy atom. The van der Waals surface area contributed by atoms with Crippen LogP contribution < -0.4 is 4.74 Å². The predicted octanol–water partition coefficient (Wildman–Crippen LogP) is 6.25. The van der Waals surface area contributed by atoms with E-state index in [1.165, 1.54) is 19.3 Å². The average molecular weight is 427 g/mol. The van der Waals surface area contributed by atoms with Gasteiger partial charge in [-0.15, -0.1) is 0 Å². The number of carbonyl (C=O) groups excluding carboxylic acids is 1. The van der Waals surface area contributed by atoms with Crippen LogP contribution in [0.25, 0.3) is 16.8 Å². The molecule has 2 aromatic carbocycles. The lowest BCUT2D eigenvalue weighted by molar-refractivity contribution is -0.137. The third-order valence-corrected chi connectivity index (χ3v) is 5.17. The number of hydrogen-bond donors (Lipinski definition) is 0. The Hall–Kier alpha value is -3.35. The SMILES string of the molecule is CC(=O)Oc1cccc2c1CCCC2=CCc1nc(-c2cccc(C(F)(F)F)c2)co1. The van der Waals surface area contributed by atoms with E-state index < -0.39 is 11.7 Å². The quantitative estimate of drug-likeness (QED) is 0.365. The second-order valence-electron chi connectivity index (χ2n) is 7.37. The Labute approximate surface area is 177 Å². The van der Waals surface area contributed by atoms with Crippen LogP contribution in [-0.2, 0) is 23.8 Å². The van der Waals surface area contributed by atoms with Crippen LogP contribution in [0.5, 0.6) is 5.75 Å². The number of ether oxygens (including phenoxy) is 1. The molecular weight excluding hydrogens is 407 g/mol. The van der Waals surface area contributed by atoms with Gasteiger partial charge in [-0.2, -0.15) is 13.2 Å². The van der Waals surface area contributed by atoms with Crippen molar-refractivity contribution >= 4 is 11.5 Å². The Morgan fingerprint density at radius 2 is 2.00 bits per heavy atom. The Balaban J connectivity index is 1.55. The molecule has 0 unspecified atom stereocenters. The van der Waals surface area contributed by atoms with Gasteiger partial charge in [0.1, 0.15) is 17.7 Å². The summed E-state index contributed by atoms with van der Waals surface area (Å²) in [4.78, 5) is 15.7. The highest BCUT2D eigenvalue weighted by atomic mass is 19.4. The van der Waals surface area contributed by atoms with Gasteiger partial charge in [-0.25, -0.2) is 4.98 Å². The molecule has 31 heavy (non-hydrogen) atoms. The van der Waals surface area contributed by atoms with Gasteiger partial charge in [-0.1, -0.05) is 30.3 Å². The summed E-state index contributed by atoms with van der Waals surface area (Å²) in [6.07, 6.45) is 2.01. The van der Waals surface area contributed by atoms with Crippen molar-refractivity contribution in [2.75, 3.05) is 0 Å². The predicted molar refractivity (Wildman–Crippen MR) is 109 cm³/mol. The zero-order valence-corrected chi connectivity index (χ0v) is 16.8. The standard InChI is InChI=1S/C24H20F3NO3/c1-15(29)31-22-10-4-8-19-16(5-3-9-20(19)22)11-12-23-28-21(14-30-23)17-6-2-7-18(13-17)24(25,26)27/h2,4,6-8,10-11,13-14H,3,5,9,12H2,1H3. The zero-order valence-electron chi connectivity index (χ0n) is 16.8. The van der Waals surface area contributed by atoms with Crippen molar-refractivity contribution in [3.05, 3.63) is 77.4 Å². The molecule has 0 spiro atoms. The first-order valence-corrected chi connectivity index (χ1v) is 9.93. The lowest BCUT2D eigenvalue weighted by Gasteiger charge is -2.21. The third-order valence-electron chi connectivity index (χ3n) is 5.17. The van der Waals surface area contributed by atoms with Crippen LogP contribution in [0.2, 0.25) is 0 Å². The molecule has 0 bridgehead atoms. The Kier molecular flexibility index (Phi) is 5.67. The number of nitrogens with zero attached hydrogens (tertiary/aromatic N) is 1. The lowest BCUT2D eigenvalue weighted by atomic mass is 9.86. The van der Waals surface area contributed by atoms with Crippen LogP contribution >= 0.6 is 0 Å². The van der Waals surface area contributed by atoms with E-state index in [-0.39, 0.29) is 5.97 Å². The molecule has 1 aromatic heterocycles. The number of esters is 1. The van der Waals surface area contributed by atoms with Crippen molar-refractivity contribution in [1.29, 1.82) is 0 Å². The first kappa shape index (κ1) is 20.9. The summed E-state index contributed by atoms with van der Waals surface area (Å²) in [5, 5.41) is 0. The summed E-state index contributed by atoms with van der Waals surface area (Å²) in [6, 6.07) is 10.7. The van der Waals surface area contributed by atoms with Crippen LogP contribution in [-0.4, -0.2) is 11.0 Å². The molecule has 0 atom stereocenters. The highest BCUT2D eigenvalue weighted by molar-refractivity contribution is 5.75. The number of halogens is 3. The maximum atomic E-state index is 13.0. The van der Waals surface area contributed by atoms with Crippen LogP contribution in [0.3, 0.4) is 0 Å². The van der Waals surface area contributed by atoms with Crippen molar-refractivity contribution in [3.63, 3.8) is 0 Å². The van der Waals surface area contributed by atoms with Crippen LogP contribution in [0.15, 0.2) is 59.2 Å². The Morgan fingerprint density at radius 1 is 1.19 bits per heavy atom. The van der Waals surface area contributed by atoms with E-state index in [9.17, 15) is 18.0 Å². The van der Waals surface area contributed by atoms with E-state index in [1.54, 1.807) is 12.1 Å². The topological polar surface area (TPSA) is 52.3 Å². The molecule has 1 aliphatic rings. The summed E-state index contributed by atoms with van der Waals surface area (Å²) in [5.41, 5.74) is 3.14. The largest absolute Gasteiger partial charge is 0.448 e. The van der Waals surface area contributed by atoms with Crippen LogP contribution in [0, 0.1) is 0 Å². The number of hydrogen-bond acceptors (Lipinski definition) is 4. The van der Waals surface area contributed by atoms with Gasteiger partial charge in [0, 0.05) is 24.5 Å². The fourth-order valence-electron chi connectivity index (χ4n) is 3.78. The van der Waals surface area contributed by atoms with Gasteiger partial charge in [-0.3, -0.25) is 4.79 Å². The fraction of sp³-hybridized carbons (Fsp3) is 0.250. The number of aromatic nitrogens is 1. The van der Waals surface area contributed by atoms with Gasteiger partial charge in [-0.05, 0) is 48.6 Å². The minimum Gasteiger partial charge on any atom is -0.448 e. The molecule has 0 fully saturated rings. The number of allylic oxidation sites excluding steroid dienone is 2. The fourth-order valence-corrected chi connectivity index (χ4v) is 3.78. The molecule has 0 saturated carbocycles. The highest BCUT2D eigenvalue weighted by Crippen LogP contribution is 2.36. The molecule has 4 nitrogen and oxygen atoms in total. The van der Waals surface area contributed by atoms with E-state index in [0.717, 1.165) is 48.1 Å². The summed E-state index contributed by atoms with van der Waals surface area (Å²) in [5.74, 6) is 0.646. The van der Waals surface area contributed by atoms with Crippen molar-refractivity contribution in [1.82, 2.24) is 4.98 Å². The third kappa shape index (κ3) is 4.71. The number of rotatable bonds is 4. The lowest BCUT2D eigenvalue weighted by Crippen LogP contribution is -2.09. The molecule has 0 radical (unpaired) electrons. The summed E-state index contributed by atoms with van der Waals surface area (Å²) < 4.78 is 49.7. The van der Waals surface area contributed by atoms with E-state index in [4.69, 9.17) is 9.15 Å². The molecule has 160 valence electrons. The van der Waals surface area contributed by atoms with Crippen LogP contribution in [0.4, 0.5) is 13.2 Å². The molecule has 4 rings (SSSR count). The smallest absolute Gasteiger partial charge is 0.416 e. The highest BCUT2D eigenvalue weighted by Gasteiger charge is 2.30.